The molecule has 2 aromatic rings. The Morgan fingerprint density at radius 3 is 2.90 bits per heavy atom. The van der Waals surface area contributed by atoms with Crippen LogP contribution in [0, 0.1) is 0 Å². The number of carbonyl (C=O) groups excluding carboxylic acids is 1. The molecule has 0 aliphatic carbocycles. The SMILES string of the molecule is CCCN(CC(=O)Nc1nc2ccc(N)cc2s1)C(C)C. The monoisotopic (exact) mass is 306 g/mol. The molecule has 3 N–H and O–H groups in total. The Morgan fingerprint density at radius 2 is 2.24 bits per heavy atom. The van der Waals surface area contributed by atoms with Gasteiger partial charge in [0.25, 0.3) is 0 Å². The lowest BCUT2D eigenvalue weighted by Crippen LogP contribution is -2.38. The highest BCUT2D eigenvalue weighted by molar-refractivity contribution is 7.22. The number of benzene rings is 1. The maximum Gasteiger partial charge on any atom is 0.240 e. The fourth-order valence-corrected chi connectivity index (χ4v) is 3.08. The second-order valence-corrected chi connectivity index (χ2v) is 6.39. The zero-order valence-corrected chi connectivity index (χ0v) is 13.5. The lowest BCUT2D eigenvalue weighted by molar-refractivity contribution is -0.117. The highest BCUT2D eigenvalue weighted by Crippen LogP contribution is 2.27. The van der Waals surface area contributed by atoms with E-state index in [0.29, 0.717) is 23.4 Å². The van der Waals surface area contributed by atoms with Crippen molar-refractivity contribution in [2.75, 3.05) is 24.1 Å². The van der Waals surface area contributed by atoms with Gasteiger partial charge in [-0.2, -0.15) is 0 Å². The molecular weight excluding hydrogens is 284 g/mol. The smallest absolute Gasteiger partial charge is 0.240 e. The summed E-state index contributed by atoms with van der Waals surface area (Å²) in [6, 6.07) is 5.91. The number of nitrogen functional groups attached to an aromatic ring is 1. The van der Waals surface area contributed by atoms with Crippen molar-refractivity contribution >= 4 is 38.3 Å². The third kappa shape index (κ3) is 4.15. The number of rotatable bonds is 6. The van der Waals surface area contributed by atoms with Gasteiger partial charge in [-0.3, -0.25) is 9.69 Å². The van der Waals surface area contributed by atoms with Crippen LogP contribution >= 0.6 is 11.3 Å². The van der Waals surface area contributed by atoms with Gasteiger partial charge in [0.15, 0.2) is 5.13 Å². The fraction of sp³-hybridized carbons (Fsp3) is 0.467. The van der Waals surface area contributed by atoms with Crippen LogP contribution < -0.4 is 11.1 Å². The number of amides is 1. The molecule has 0 aliphatic rings. The number of thiazole rings is 1. The number of nitrogens with one attached hydrogen (secondary N) is 1. The summed E-state index contributed by atoms with van der Waals surface area (Å²) in [7, 11) is 0. The minimum Gasteiger partial charge on any atom is -0.399 e. The molecule has 1 heterocycles. The first-order chi connectivity index (χ1) is 9.99. The molecule has 2 rings (SSSR count). The Labute approximate surface area is 129 Å². The van der Waals surface area contributed by atoms with Crippen LogP contribution in [-0.2, 0) is 4.79 Å². The molecule has 0 spiro atoms. The molecular formula is C15H22N4OS. The lowest BCUT2D eigenvalue weighted by Gasteiger charge is -2.24. The average Bonchev–Trinajstić information content (AvgIpc) is 2.79. The summed E-state index contributed by atoms with van der Waals surface area (Å²) in [5, 5.41) is 3.51. The molecule has 1 amide bonds. The van der Waals surface area contributed by atoms with Gasteiger partial charge >= 0.3 is 0 Å². The van der Waals surface area contributed by atoms with Crippen LogP contribution in [0.2, 0.25) is 0 Å². The van der Waals surface area contributed by atoms with Gasteiger partial charge in [-0.1, -0.05) is 18.3 Å². The summed E-state index contributed by atoms with van der Waals surface area (Å²) in [6.45, 7) is 7.63. The summed E-state index contributed by atoms with van der Waals surface area (Å²) in [4.78, 5) is 18.7. The van der Waals surface area contributed by atoms with Gasteiger partial charge in [0.05, 0.1) is 16.8 Å². The van der Waals surface area contributed by atoms with Crippen molar-refractivity contribution in [2.24, 2.45) is 0 Å². The summed E-state index contributed by atoms with van der Waals surface area (Å²) < 4.78 is 0.986. The molecule has 21 heavy (non-hydrogen) atoms. The van der Waals surface area contributed by atoms with Crippen LogP contribution in [0.4, 0.5) is 10.8 Å². The van der Waals surface area contributed by atoms with E-state index in [0.717, 1.165) is 23.2 Å². The minimum atomic E-state index is -0.0239. The van der Waals surface area contributed by atoms with E-state index in [9.17, 15) is 4.79 Å². The predicted molar refractivity (Wildman–Crippen MR) is 89.7 cm³/mol. The Kier molecular flexibility index (Phi) is 5.14. The van der Waals surface area contributed by atoms with Gasteiger partial charge in [-0.25, -0.2) is 4.98 Å². The number of fused-ring (bicyclic) bond motifs is 1. The molecule has 1 aromatic carbocycles. The van der Waals surface area contributed by atoms with Crippen LogP contribution in [0.15, 0.2) is 18.2 Å². The number of aromatic nitrogens is 1. The molecule has 0 fully saturated rings. The second-order valence-electron chi connectivity index (χ2n) is 5.36. The molecule has 6 heteroatoms. The van der Waals surface area contributed by atoms with Crippen LogP contribution in [0.25, 0.3) is 10.2 Å². The molecule has 1 aromatic heterocycles. The zero-order valence-electron chi connectivity index (χ0n) is 12.7. The Bertz CT molecular complexity index is 623. The zero-order chi connectivity index (χ0) is 15.4. The molecule has 0 atom stereocenters. The van der Waals surface area contributed by atoms with Gasteiger partial charge < -0.3 is 11.1 Å². The van der Waals surface area contributed by atoms with Gasteiger partial charge in [-0.15, -0.1) is 0 Å². The number of hydrogen-bond donors (Lipinski definition) is 2. The van der Waals surface area contributed by atoms with Crippen LogP contribution in [0.5, 0.6) is 0 Å². The Hall–Kier alpha value is -1.66. The predicted octanol–water partition coefficient (Wildman–Crippen LogP) is 2.94. The standard InChI is InChI=1S/C15H22N4OS/c1-4-7-19(10(2)3)9-14(20)18-15-17-12-6-5-11(16)8-13(12)21-15/h5-6,8,10H,4,7,9,16H2,1-3H3,(H,17,18,20). The van der Waals surface area contributed by atoms with E-state index in [4.69, 9.17) is 5.73 Å². The summed E-state index contributed by atoms with van der Waals surface area (Å²) in [6.07, 6.45) is 1.03. The summed E-state index contributed by atoms with van der Waals surface area (Å²) >= 11 is 1.45. The van der Waals surface area contributed by atoms with E-state index >= 15 is 0 Å². The van der Waals surface area contributed by atoms with E-state index < -0.39 is 0 Å². The molecule has 0 bridgehead atoms. The van der Waals surface area contributed by atoms with E-state index in [1.54, 1.807) is 0 Å². The largest absolute Gasteiger partial charge is 0.399 e. The molecule has 0 radical (unpaired) electrons. The number of nitrogens with zero attached hydrogens (tertiary/aromatic N) is 2. The van der Waals surface area contributed by atoms with Crippen LogP contribution in [0.1, 0.15) is 27.2 Å². The average molecular weight is 306 g/mol. The van der Waals surface area contributed by atoms with Crippen LogP contribution in [-0.4, -0.2) is 34.9 Å². The van der Waals surface area contributed by atoms with Crippen molar-refractivity contribution in [3.8, 4) is 0 Å². The third-order valence-corrected chi connectivity index (χ3v) is 4.18. The number of anilines is 2. The first-order valence-electron chi connectivity index (χ1n) is 7.19. The molecule has 0 saturated heterocycles. The van der Waals surface area contributed by atoms with Crippen LogP contribution in [0.3, 0.4) is 0 Å². The van der Waals surface area contributed by atoms with Crippen molar-refractivity contribution in [3.63, 3.8) is 0 Å². The van der Waals surface area contributed by atoms with Crippen molar-refractivity contribution in [1.29, 1.82) is 0 Å². The maximum absolute atomic E-state index is 12.1. The second kappa shape index (κ2) is 6.87. The topological polar surface area (TPSA) is 71.2 Å². The Balaban J connectivity index is 2.03. The number of hydrogen-bond acceptors (Lipinski definition) is 5. The molecule has 0 saturated carbocycles. The van der Waals surface area contributed by atoms with E-state index in [1.165, 1.54) is 11.3 Å². The maximum atomic E-state index is 12.1. The molecule has 0 unspecified atom stereocenters. The third-order valence-electron chi connectivity index (χ3n) is 3.25. The summed E-state index contributed by atoms with van der Waals surface area (Å²) in [5.41, 5.74) is 7.32. The first-order valence-corrected chi connectivity index (χ1v) is 8.01. The van der Waals surface area contributed by atoms with Crippen molar-refractivity contribution in [1.82, 2.24) is 9.88 Å². The van der Waals surface area contributed by atoms with Crippen molar-refractivity contribution in [3.05, 3.63) is 18.2 Å². The minimum absolute atomic E-state index is 0.0239. The van der Waals surface area contributed by atoms with Gasteiger partial charge in [0.1, 0.15) is 0 Å². The number of nitrogens with two attached hydrogens (primary N) is 1. The normalized spacial score (nSPS) is 11.5. The molecule has 5 nitrogen and oxygen atoms in total. The van der Waals surface area contributed by atoms with E-state index in [1.807, 2.05) is 18.2 Å². The van der Waals surface area contributed by atoms with Crippen molar-refractivity contribution in [2.45, 2.75) is 33.2 Å². The summed E-state index contributed by atoms with van der Waals surface area (Å²) in [5.74, 6) is -0.0239. The molecule has 114 valence electrons. The lowest BCUT2D eigenvalue weighted by atomic mass is 10.3. The Morgan fingerprint density at radius 1 is 1.48 bits per heavy atom. The highest BCUT2D eigenvalue weighted by Gasteiger charge is 2.14. The van der Waals surface area contributed by atoms with Crippen molar-refractivity contribution < 1.29 is 4.79 Å². The van der Waals surface area contributed by atoms with Gasteiger partial charge in [-0.05, 0) is 45.0 Å². The molecule has 0 aliphatic heterocycles. The fourth-order valence-electron chi connectivity index (χ4n) is 2.14. The van der Waals surface area contributed by atoms with Gasteiger partial charge in [0, 0.05) is 11.7 Å². The highest BCUT2D eigenvalue weighted by atomic mass is 32.1. The van der Waals surface area contributed by atoms with E-state index in [2.05, 4.69) is 36.0 Å². The first kappa shape index (κ1) is 15.7. The number of carbonyl (C=O) groups is 1. The van der Waals surface area contributed by atoms with E-state index in [-0.39, 0.29) is 5.91 Å². The van der Waals surface area contributed by atoms with Gasteiger partial charge in [0.2, 0.25) is 5.91 Å². The quantitative estimate of drug-likeness (QED) is 0.805.